The Morgan fingerprint density at radius 1 is 1.36 bits per heavy atom. The van der Waals surface area contributed by atoms with E-state index in [-0.39, 0.29) is 0 Å². The summed E-state index contributed by atoms with van der Waals surface area (Å²) < 4.78 is 1.18. The van der Waals surface area contributed by atoms with Crippen LogP contribution in [0.5, 0.6) is 0 Å². The molecule has 0 radical (unpaired) electrons. The first-order valence-electron chi connectivity index (χ1n) is 4.53. The van der Waals surface area contributed by atoms with Crippen molar-refractivity contribution in [1.82, 2.24) is 0 Å². The van der Waals surface area contributed by atoms with Crippen molar-refractivity contribution in [3.05, 3.63) is 28.7 Å². The van der Waals surface area contributed by atoms with E-state index in [0.717, 1.165) is 11.5 Å². The van der Waals surface area contributed by atoms with Gasteiger partial charge in [0.1, 0.15) is 0 Å². The second kappa shape index (κ2) is 5.47. The van der Waals surface area contributed by atoms with Gasteiger partial charge in [0.15, 0.2) is 0 Å². The van der Waals surface area contributed by atoms with E-state index in [0.29, 0.717) is 5.41 Å². The molecule has 0 spiro atoms. The predicted octanol–water partition coefficient (Wildman–Crippen LogP) is 4.50. The van der Waals surface area contributed by atoms with E-state index < -0.39 is 0 Å². The lowest BCUT2D eigenvalue weighted by Gasteiger charge is -2.21. The topological polar surface area (TPSA) is 0 Å². The molecule has 0 bridgehead atoms. The van der Waals surface area contributed by atoms with Crippen LogP contribution in [-0.4, -0.2) is 11.5 Å². The van der Waals surface area contributed by atoms with Crippen LogP contribution in [0.15, 0.2) is 33.6 Å². The van der Waals surface area contributed by atoms with Gasteiger partial charge in [0, 0.05) is 15.1 Å². The summed E-state index contributed by atoms with van der Waals surface area (Å²) in [5.74, 6) is 2.02. The van der Waals surface area contributed by atoms with Crippen molar-refractivity contribution in [1.29, 1.82) is 0 Å². The lowest BCUT2D eigenvalue weighted by atomic mass is 10.0. The summed E-state index contributed by atoms with van der Waals surface area (Å²) in [6, 6.07) is 8.33. The highest BCUT2D eigenvalue weighted by atomic mass is 79.9. The van der Waals surface area contributed by atoms with Crippen molar-refractivity contribution >= 4 is 40.3 Å². The van der Waals surface area contributed by atoms with Gasteiger partial charge in [-0.15, -0.1) is 11.8 Å². The highest BCUT2D eigenvalue weighted by molar-refractivity contribution is 9.10. The Hall–Kier alpha value is 0.400. The van der Waals surface area contributed by atoms with Crippen LogP contribution < -0.4 is 0 Å². The van der Waals surface area contributed by atoms with E-state index >= 15 is 0 Å². The van der Waals surface area contributed by atoms with Gasteiger partial charge in [0.2, 0.25) is 0 Å². The highest BCUT2D eigenvalue weighted by Gasteiger charge is 2.16. The molecule has 0 aliphatic heterocycles. The van der Waals surface area contributed by atoms with E-state index in [9.17, 15) is 0 Å². The van der Waals surface area contributed by atoms with Crippen LogP contribution in [0.1, 0.15) is 13.8 Å². The summed E-state index contributed by atoms with van der Waals surface area (Å²) in [4.78, 5) is 1.31. The molecule has 14 heavy (non-hydrogen) atoms. The zero-order valence-corrected chi connectivity index (χ0v) is 11.8. The molecule has 0 amide bonds. The molecule has 0 saturated carbocycles. The minimum Gasteiger partial charge on any atom is -0.179 e. The van der Waals surface area contributed by atoms with E-state index in [1.807, 2.05) is 17.8 Å². The Morgan fingerprint density at radius 3 is 2.57 bits per heavy atom. The Labute approximate surface area is 104 Å². The first-order chi connectivity index (χ1) is 6.55. The highest BCUT2D eigenvalue weighted by Crippen LogP contribution is 2.32. The van der Waals surface area contributed by atoms with E-state index in [1.54, 1.807) is 0 Å². The minimum absolute atomic E-state index is 0.295. The van der Waals surface area contributed by atoms with Crippen molar-refractivity contribution in [2.75, 3.05) is 11.5 Å². The SMILES string of the molecule is CC(C)(CS)CSc1ccccc1Br. The summed E-state index contributed by atoms with van der Waals surface area (Å²) in [6.45, 7) is 4.48. The largest absolute Gasteiger partial charge is 0.179 e. The molecule has 0 nitrogen and oxygen atoms in total. The quantitative estimate of drug-likeness (QED) is 0.629. The van der Waals surface area contributed by atoms with Crippen molar-refractivity contribution in [3.8, 4) is 0 Å². The van der Waals surface area contributed by atoms with Gasteiger partial charge in [-0.2, -0.15) is 12.6 Å². The van der Waals surface area contributed by atoms with Crippen LogP contribution in [0.4, 0.5) is 0 Å². The summed E-state index contributed by atoms with van der Waals surface area (Å²) in [7, 11) is 0. The number of hydrogen-bond donors (Lipinski definition) is 1. The molecular weight excluding hydrogens is 276 g/mol. The zero-order chi connectivity index (χ0) is 10.6. The third-order valence-electron chi connectivity index (χ3n) is 1.88. The predicted molar refractivity (Wildman–Crippen MR) is 72.5 cm³/mol. The molecule has 0 saturated heterocycles. The third-order valence-corrected chi connectivity index (χ3v) is 5.29. The number of halogens is 1. The van der Waals surface area contributed by atoms with Crippen LogP contribution in [0.2, 0.25) is 0 Å². The number of thioether (sulfide) groups is 1. The Morgan fingerprint density at radius 2 is 2.00 bits per heavy atom. The molecule has 0 aromatic heterocycles. The maximum atomic E-state index is 4.35. The van der Waals surface area contributed by atoms with Gasteiger partial charge in [-0.1, -0.05) is 26.0 Å². The lowest BCUT2D eigenvalue weighted by Crippen LogP contribution is -2.16. The first kappa shape index (κ1) is 12.5. The van der Waals surface area contributed by atoms with Gasteiger partial charge in [-0.3, -0.25) is 0 Å². The third kappa shape index (κ3) is 3.87. The Balaban J connectivity index is 2.58. The summed E-state index contributed by atoms with van der Waals surface area (Å²) in [5.41, 5.74) is 0.295. The molecular formula is C11H15BrS2. The summed E-state index contributed by atoms with van der Waals surface area (Å²) >= 11 is 9.78. The molecule has 0 fully saturated rings. The average molecular weight is 291 g/mol. The average Bonchev–Trinajstić information content (AvgIpc) is 2.17. The maximum Gasteiger partial charge on any atom is 0.0311 e. The number of thiol groups is 1. The summed E-state index contributed by atoms with van der Waals surface area (Å²) in [5, 5.41) is 0. The van der Waals surface area contributed by atoms with Crippen molar-refractivity contribution in [2.24, 2.45) is 5.41 Å². The second-order valence-corrected chi connectivity index (χ2v) is 6.23. The van der Waals surface area contributed by atoms with Gasteiger partial charge in [0.05, 0.1) is 0 Å². The van der Waals surface area contributed by atoms with Crippen LogP contribution in [0, 0.1) is 5.41 Å². The molecule has 0 aliphatic carbocycles. The molecule has 3 heteroatoms. The normalized spacial score (nSPS) is 11.7. The first-order valence-corrected chi connectivity index (χ1v) is 6.94. The van der Waals surface area contributed by atoms with Crippen molar-refractivity contribution in [2.45, 2.75) is 18.7 Å². The molecule has 0 heterocycles. The fourth-order valence-corrected chi connectivity index (χ4v) is 2.80. The van der Waals surface area contributed by atoms with E-state index in [2.05, 4.69) is 60.6 Å². The van der Waals surface area contributed by atoms with Gasteiger partial charge < -0.3 is 0 Å². The van der Waals surface area contributed by atoms with E-state index in [4.69, 9.17) is 0 Å². The maximum absolute atomic E-state index is 4.35. The molecule has 0 atom stereocenters. The second-order valence-electron chi connectivity index (χ2n) is 4.04. The number of benzene rings is 1. The zero-order valence-electron chi connectivity index (χ0n) is 8.46. The minimum atomic E-state index is 0.295. The Bertz CT molecular complexity index is 297. The molecule has 0 aliphatic rings. The van der Waals surface area contributed by atoms with Gasteiger partial charge in [-0.25, -0.2) is 0 Å². The molecule has 0 unspecified atom stereocenters. The van der Waals surface area contributed by atoms with E-state index in [1.165, 1.54) is 9.37 Å². The van der Waals surface area contributed by atoms with Crippen LogP contribution in [0.25, 0.3) is 0 Å². The lowest BCUT2D eigenvalue weighted by molar-refractivity contribution is 0.493. The van der Waals surface area contributed by atoms with Gasteiger partial charge in [0.25, 0.3) is 0 Å². The van der Waals surface area contributed by atoms with Crippen LogP contribution >= 0.6 is 40.3 Å². The van der Waals surface area contributed by atoms with Gasteiger partial charge >= 0.3 is 0 Å². The van der Waals surface area contributed by atoms with Crippen LogP contribution in [-0.2, 0) is 0 Å². The molecule has 1 aromatic carbocycles. The molecule has 78 valence electrons. The molecule has 0 N–H and O–H groups in total. The monoisotopic (exact) mass is 290 g/mol. The summed E-state index contributed by atoms with van der Waals surface area (Å²) in [6.07, 6.45) is 0. The molecule has 1 aromatic rings. The standard InChI is InChI=1S/C11H15BrS2/c1-11(2,7-13)8-14-10-6-4-3-5-9(10)12/h3-6,13H,7-8H2,1-2H3. The fraction of sp³-hybridized carbons (Fsp3) is 0.455. The molecule has 1 rings (SSSR count). The Kier molecular flexibility index (Phi) is 4.88. The van der Waals surface area contributed by atoms with Crippen LogP contribution in [0.3, 0.4) is 0 Å². The number of rotatable bonds is 4. The van der Waals surface area contributed by atoms with Crippen molar-refractivity contribution in [3.63, 3.8) is 0 Å². The van der Waals surface area contributed by atoms with Gasteiger partial charge in [-0.05, 0) is 39.2 Å². The smallest absolute Gasteiger partial charge is 0.0311 e. The number of hydrogen-bond acceptors (Lipinski definition) is 2. The van der Waals surface area contributed by atoms with Crippen molar-refractivity contribution < 1.29 is 0 Å². The fourth-order valence-electron chi connectivity index (χ4n) is 0.881.